The van der Waals surface area contributed by atoms with Crippen molar-refractivity contribution in [1.29, 1.82) is 0 Å². The van der Waals surface area contributed by atoms with Gasteiger partial charge < -0.3 is 24.4 Å². The molecular weight excluding hydrogens is 384 g/mol. The monoisotopic (exact) mass is 411 g/mol. The molecule has 30 heavy (non-hydrogen) atoms. The van der Waals surface area contributed by atoms with Crippen molar-refractivity contribution in [3.8, 4) is 11.5 Å². The van der Waals surface area contributed by atoms with Gasteiger partial charge in [0.05, 0.1) is 53.0 Å². The van der Waals surface area contributed by atoms with Crippen LogP contribution in [0.3, 0.4) is 0 Å². The second kappa shape index (κ2) is 9.00. The zero-order chi connectivity index (χ0) is 21.8. The lowest BCUT2D eigenvalue weighted by Crippen LogP contribution is -3.06. The van der Waals surface area contributed by atoms with Crippen LogP contribution >= 0.6 is 0 Å². The summed E-state index contributed by atoms with van der Waals surface area (Å²) >= 11 is 0. The van der Waals surface area contributed by atoms with Gasteiger partial charge in [0, 0.05) is 5.56 Å². The Bertz CT molecular complexity index is 969. The van der Waals surface area contributed by atoms with E-state index < -0.39 is 17.7 Å². The lowest BCUT2D eigenvalue weighted by Gasteiger charge is -2.25. The second-order valence-corrected chi connectivity index (χ2v) is 7.43. The molecular formula is C23H27N2O5+. The fraction of sp³-hybridized carbons (Fsp3) is 0.304. The van der Waals surface area contributed by atoms with Crippen LogP contribution in [0.1, 0.15) is 17.2 Å². The van der Waals surface area contributed by atoms with Crippen molar-refractivity contribution >= 4 is 17.4 Å². The van der Waals surface area contributed by atoms with Crippen LogP contribution in [0.2, 0.25) is 0 Å². The van der Waals surface area contributed by atoms with Gasteiger partial charge in [-0.05, 0) is 23.8 Å². The Hall–Kier alpha value is -3.32. The number of hydrogen-bond donors (Lipinski definition) is 2. The van der Waals surface area contributed by atoms with Crippen LogP contribution in [0.5, 0.6) is 11.5 Å². The first-order chi connectivity index (χ1) is 14.4. The molecule has 158 valence electrons. The third-order valence-corrected chi connectivity index (χ3v) is 5.16. The highest BCUT2D eigenvalue weighted by Crippen LogP contribution is 2.40. The minimum Gasteiger partial charge on any atom is -0.507 e. The summed E-state index contributed by atoms with van der Waals surface area (Å²) in [6.45, 7) is 1.07. The molecule has 1 fully saturated rings. The van der Waals surface area contributed by atoms with Crippen molar-refractivity contribution in [2.75, 3.05) is 41.4 Å². The smallest absolute Gasteiger partial charge is 0.295 e. The molecule has 0 bridgehead atoms. The van der Waals surface area contributed by atoms with Gasteiger partial charge in [-0.25, -0.2) is 0 Å². The number of ether oxygens (including phenoxy) is 2. The summed E-state index contributed by atoms with van der Waals surface area (Å²) in [4.78, 5) is 28.5. The predicted octanol–water partition coefficient (Wildman–Crippen LogP) is 1.27. The average Bonchev–Trinajstić information content (AvgIpc) is 3.01. The number of amides is 1. The van der Waals surface area contributed by atoms with Gasteiger partial charge in [0.1, 0.15) is 5.76 Å². The largest absolute Gasteiger partial charge is 0.507 e. The number of rotatable bonds is 7. The van der Waals surface area contributed by atoms with Crippen molar-refractivity contribution in [1.82, 2.24) is 4.90 Å². The number of carbonyl (C=O) groups excluding carboxylic acids is 2. The molecule has 2 aromatic rings. The molecule has 1 atom stereocenters. The van der Waals surface area contributed by atoms with E-state index in [1.807, 2.05) is 44.4 Å². The number of benzene rings is 2. The zero-order valence-electron chi connectivity index (χ0n) is 17.6. The lowest BCUT2D eigenvalue weighted by atomic mass is 9.95. The second-order valence-electron chi connectivity index (χ2n) is 7.43. The Balaban J connectivity index is 2.14. The van der Waals surface area contributed by atoms with Crippen LogP contribution in [-0.2, 0) is 9.59 Å². The third kappa shape index (κ3) is 4.02. The van der Waals surface area contributed by atoms with E-state index in [0.717, 1.165) is 10.5 Å². The first-order valence-corrected chi connectivity index (χ1v) is 9.73. The van der Waals surface area contributed by atoms with E-state index in [0.29, 0.717) is 30.2 Å². The summed E-state index contributed by atoms with van der Waals surface area (Å²) in [5.74, 6) is -0.605. The number of hydrogen-bond acceptors (Lipinski definition) is 5. The van der Waals surface area contributed by atoms with E-state index in [4.69, 9.17) is 9.47 Å². The molecule has 2 N–H and O–H groups in total. The van der Waals surface area contributed by atoms with Crippen molar-refractivity contribution in [3.05, 3.63) is 65.2 Å². The minimum absolute atomic E-state index is 0.0761. The molecule has 7 nitrogen and oxygen atoms in total. The van der Waals surface area contributed by atoms with E-state index in [9.17, 15) is 14.7 Å². The van der Waals surface area contributed by atoms with Gasteiger partial charge in [-0.3, -0.25) is 9.59 Å². The quantitative estimate of drug-likeness (QED) is 0.408. The van der Waals surface area contributed by atoms with Gasteiger partial charge in [-0.15, -0.1) is 0 Å². The van der Waals surface area contributed by atoms with Crippen molar-refractivity contribution in [2.45, 2.75) is 6.04 Å². The molecule has 0 aromatic heterocycles. The Morgan fingerprint density at radius 3 is 2.30 bits per heavy atom. The Morgan fingerprint density at radius 1 is 1.03 bits per heavy atom. The number of ketones is 1. The fourth-order valence-electron chi connectivity index (χ4n) is 3.58. The predicted molar refractivity (Wildman–Crippen MR) is 113 cm³/mol. The number of aliphatic hydroxyl groups excluding tert-OH is 1. The summed E-state index contributed by atoms with van der Waals surface area (Å²) in [5, 5.41) is 11.1. The van der Waals surface area contributed by atoms with Gasteiger partial charge in [-0.2, -0.15) is 0 Å². The molecule has 0 unspecified atom stereocenters. The van der Waals surface area contributed by atoms with E-state index in [1.54, 1.807) is 18.2 Å². The molecule has 2 aromatic carbocycles. The maximum absolute atomic E-state index is 13.0. The summed E-state index contributed by atoms with van der Waals surface area (Å²) in [6, 6.07) is 13.5. The summed E-state index contributed by atoms with van der Waals surface area (Å²) in [5.41, 5.74) is 1.23. The zero-order valence-corrected chi connectivity index (χ0v) is 17.6. The molecule has 0 aliphatic carbocycles. The molecule has 0 spiro atoms. The molecule has 1 aliphatic rings. The van der Waals surface area contributed by atoms with Crippen LogP contribution < -0.4 is 14.4 Å². The molecule has 1 heterocycles. The van der Waals surface area contributed by atoms with Gasteiger partial charge in [0.2, 0.25) is 0 Å². The van der Waals surface area contributed by atoms with Crippen molar-refractivity contribution < 1.29 is 29.1 Å². The fourth-order valence-corrected chi connectivity index (χ4v) is 3.58. The van der Waals surface area contributed by atoms with Gasteiger partial charge in [0.15, 0.2) is 11.5 Å². The normalized spacial score (nSPS) is 18.2. The third-order valence-electron chi connectivity index (χ3n) is 5.16. The Morgan fingerprint density at radius 2 is 1.70 bits per heavy atom. The van der Waals surface area contributed by atoms with Crippen LogP contribution in [-0.4, -0.2) is 63.1 Å². The molecule has 1 aliphatic heterocycles. The lowest BCUT2D eigenvalue weighted by molar-refractivity contribution is -0.857. The Kier molecular flexibility index (Phi) is 6.42. The van der Waals surface area contributed by atoms with Crippen molar-refractivity contribution in [2.24, 2.45) is 0 Å². The number of nitrogens with one attached hydrogen (secondary N) is 1. The highest BCUT2D eigenvalue weighted by atomic mass is 16.5. The van der Waals surface area contributed by atoms with Crippen LogP contribution in [0.25, 0.3) is 5.76 Å². The SMILES string of the molecule is COc1ccc(C(O)=C2C(=O)C(=O)N(CC[NH+](C)C)[C@H]2c2ccccc2)cc1OC. The molecule has 0 radical (unpaired) electrons. The highest BCUT2D eigenvalue weighted by Gasteiger charge is 2.46. The Labute approximate surface area is 176 Å². The van der Waals surface area contributed by atoms with Crippen LogP contribution in [0, 0.1) is 0 Å². The maximum atomic E-state index is 13.0. The summed E-state index contributed by atoms with van der Waals surface area (Å²) in [6.07, 6.45) is 0. The molecule has 3 rings (SSSR count). The van der Waals surface area contributed by atoms with E-state index >= 15 is 0 Å². The topological polar surface area (TPSA) is 80.5 Å². The average molecular weight is 411 g/mol. The van der Waals surface area contributed by atoms with E-state index in [-0.39, 0.29) is 11.3 Å². The summed E-state index contributed by atoms with van der Waals surface area (Å²) in [7, 11) is 6.98. The number of likely N-dealkylation sites (N-methyl/N-ethyl adjacent to an activating group) is 1. The minimum atomic E-state index is -0.690. The summed E-state index contributed by atoms with van der Waals surface area (Å²) < 4.78 is 10.6. The number of quaternary nitrogens is 1. The number of nitrogens with zero attached hydrogens (tertiary/aromatic N) is 1. The number of methoxy groups -OCH3 is 2. The highest BCUT2D eigenvalue weighted by molar-refractivity contribution is 6.46. The maximum Gasteiger partial charge on any atom is 0.295 e. The van der Waals surface area contributed by atoms with E-state index in [2.05, 4.69) is 0 Å². The molecule has 1 amide bonds. The number of carbonyl (C=O) groups is 2. The van der Waals surface area contributed by atoms with E-state index in [1.165, 1.54) is 19.1 Å². The molecule has 0 saturated carbocycles. The van der Waals surface area contributed by atoms with Crippen LogP contribution in [0.4, 0.5) is 0 Å². The van der Waals surface area contributed by atoms with Gasteiger partial charge >= 0.3 is 0 Å². The number of Topliss-reactive ketones (excluding diaryl/α,β-unsaturated/α-hetero) is 1. The van der Waals surface area contributed by atoms with Gasteiger partial charge in [-0.1, -0.05) is 30.3 Å². The molecule has 1 saturated heterocycles. The first kappa shape index (κ1) is 21.4. The number of aliphatic hydroxyl groups is 1. The van der Waals surface area contributed by atoms with Crippen molar-refractivity contribution in [3.63, 3.8) is 0 Å². The van der Waals surface area contributed by atoms with Gasteiger partial charge in [0.25, 0.3) is 11.7 Å². The first-order valence-electron chi connectivity index (χ1n) is 9.73. The number of likely N-dealkylation sites (tertiary alicyclic amines) is 1. The standard InChI is InChI=1S/C23H26N2O5/c1-24(2)12-13-25-20(15-8-6-5-7-9-15)19(22(27)23(25)28)21(26)16-10-11-17(29-3)18(14-16)30-4/h5-11,14,20,26H,12-13H2,1-4H3/p+1/t20-/m0/s1. The molecule has 7 heteroatoms. The van der Waals surface area contributed by atoms with Crippen LogP contribution in [0.15, 0.2) is 54.1 Å².